The van der Waals surface area contributed by atoms with Crippen molar-refractivity contribution in [2.75, 3.05) is 78.2 Å². The van der Waals surface area contributed by atoms with Gasteiger partial charge in [0, 0.05) is 39.0 Å². The van der Waals surface area contributed by atoms with Crippen LogP contribution in [0.5, 0.6) is 0 Å². The third kappa shape index (κ3) is 17.1. The molecular formula is C35H52F2N16O4. The van der Waals surface area contributed by atoms with Gasteiger partial charge in [0.15, 0.2) is 11.9 Å². The molecule has 0 aliphatic carbocycles. The zero-order valence-electron chi connectivity index (χ0n) is 31.7. The fraction of sp³-hybridized carbons (Fsp3) is 0.371. The normalized spacial score (nSPS) is 10.2. The van der Waals surface area contributed by atoms with Gasteiger partial charge in [-0.15, -0.1) is 0 Å². The second kappa shape index (κ2) is 25.4. The van der Waals surface area contributed by atoms with Crippen LogP contribution in [0.1, 0.15) is 59.5 Å². The molecule has 3 rings (SSSR count). The number of aldehydes is 1. The van der Waals surface area contributed by atoms with E-state index < -0.39 is 29.4 Å². The lowest BCUT2D eigenvalue weighted by atomic mass is 10.1. The predicted octanol–water partition coefficient (Wildman–Crippen LogP) is 1.05. The van der Waals surface area contributed by atoms with E-state index in [1.165, 1.54) is 6.07 Å². The second-order valence-corrected chi connectivity index (χ2v) is 11.9. The summed E-state index contributed by atoms with van der Waals surface area (Å²) in [4.78, 5) is 64.5. The maximum Gasteiger partial charge on any atom is 0.274 e. The van der Waals surface area contributed by atoms with Crippen LogP contribution in [0.2, 0.25) is 0 Å². The van der Waals surface area contributed by atoms with Gasteiger partial charge in [-0.3, -0.25) is 24.4 Å². The molecule has 0 aliphatic rings. The van der Waals surface area contributed by atoms with Gasteiger partial charge in [0.25, 0.3) is 11.8 Å². The van der Waals surface area contributed by atoms with E-state index in [0.29, 0.717) is 43.7 Å². The first-order valence-electron chi connectivity index (χ1n) is 17.8. The largest absolute Gasteiger partial charge is 0.386 e. The van der Waals surface area contributed by atoms with Gasteiger partial charge in [-0.25, -0.2) is 18.7 Å². The molecule has 2 aromatic carbocycles. The molecule has 3 aromatic rings. The van der Waals surface area contributed by atoms with Crippen molar-refractivity contribution in [1.82, 2.24) is 9.97 Å². The number of benzene rings is 2. The summed E-state index contributed by atoms with van der Waals surface area (Å²) in [5.41, 5.74) is 32.6. The van der Waals surface area contributed by atoms with Gasteiger partial charge in [-0.2, -0.15) is 0 Å². The Balaban J connectivity index is 0.00000146. The van der Waals surface area contributed by atoms with E-state index in [9.17, 15) is 28.0 Å². The Bertz CT molecular complexity index is 1850. The van der Waals surface area contributed by atoms with Crippen molar-refractivity contribution in [1.29, 1.82) is 0 Å². The second-order valence-electron chi connectivity index (χ2n) is 11.9. The standard InChI is InChI=1S/C30H41F2N15O3.C5H11NO/c1-38-18-10-16(31)12-20(25(18)39-6-8-41-29(34)35)46-27(49)22-14-23(44-15-43-22)28(50)47-21-13-17(32)11-19(45-24(48)4-2-3-5-33)26(21)40-7-9-42-30(36)37;6-4-2-1-3-5-7/h10-15,38-40H,2-9,33H2,1H3,(H,45,48)(H,46,49)(H,47,50)(H4,34,35,41)(H4,36,37,42);5H,1-4,6H2. The molecule has 0 spiro atoms. The SMILES string of the molecule is CNc1cc(F)cc(NC(=O)c2cc(C(=O)Nc3cc(F)cc(NC(=O)CCCCN)c3NCCN=C(N)N)ncn2)c1NCCN=C(N)N.NCCCCC=O. The molecule has 20 nitrogen and oxygen atoms in total. The lowest BCUT2D eigenvalue weighted by molar-refractivity contribution is -0.116. The van der Waals surface area contributed by atoms with Crippen LogP contribution in [0.3, 0.4) is 0 Å². The van der Waals surface area contributed by atoms with Crippen molar-refractivity contribution in [2.45, 2.75) is 38.5 Å². The molecule has 18 N–H and O–H groups in total. The van der Waals surface area contributed by atoms with Crippen LogP contribution >= 0.6 is 0 Å². The molecule has 0 atom stereocenters. The van der Waals surface area contributed by atoms with Crippen LogP contribution in [0.25, 0.3) is 0 Å². The molecule has 0 saturated carbocycles. The van der Waals surface area contributed by atoms with E-state index in [0.717, 1.165) is 49.7 Å². The number of nitrogens with zero attached hydrogens (tertiary/aromatic N) is 4. The maximum absolute atomic E-state index is 14.8. The highest BCUT2D eigenvalue weighted by atomic mass is 19.1. The fourth-order valence-corrected chi connectivity index (χ4v) is 4.81. The highest BCUT2D eigenvalue weighted by Gasteiger charge is 2.20. The number of carbonyl (C=O) groups is 4. The molecule has 0 aliphatic heterocycles. The number of nitrogens with two attached hydrogens (primary N) is 6. The number of hydrogen-bond acceptors (Lipinski definition) is 13. The molecule has 1 aromatic heterocycles. The maximum atomic E-state index is 14.8. The Labute approximate surface area is 328 Å². The lowest BCUT2D eigenvalue weighted by Crippen LogP contribution is -2.24. The number of nitrogens with one attached hydrogen (secondary N) is 6. The number of unbranched alkanes of at least 4 members (excludes halogenated alkanes) is 3. The zero-order valence-corrected chi connectivity index (χ0v) is 31.7. The van der Waals surface area contributed by atoms with E-state index in [-0.39, 0.29) is 78.7 Å². The average molecular weight is 799 g/mol. The van der Waals surface area contributed by atoms with E-state index in [4.69, 9.17) is 34.4 Å². The summed E-state index contributed by atoms with van der Waals surface area (Å²) in [7, 11) is 1.57. The van der Waals surface area contributed by atoms with Gasteiger partial charge in [-0.1, -0.05) is 0 Å². The molecular weight excluding hydrogens is 746 g/mol. The van der Waals surface area contributed by atoms with Gasteiger partial charge in [0.05, 0.1) is 47.2 Å². The third-order valence-electron chi connectivity index (χ3n) is 7.43. The number of aliphatic imine (C=N–C) groups is 2. The number of carbonyl (C=O) groups excluding carboxylic acids is 4. The average Bonchev–Trinajstić information content (AvgIpc) is 3.16. The van der Waals surface area contributed by atoms with Crippen molar-refractivity contribution in [2.24, 2.45) is 44.4 Å². The Morgan fingerprint density at radius 2 is 1.14 bits per heavy atom. The van der Waals surface area contributed by atoms with Crippen LogP contribution < -0.4 is 66.3 Å². The summed E-state index contributed by atoms with van der Waals surface area (Å²) in [6.45, 7) is 1.81. The molecule has 0 unspecified atom stereocenters. The van der Waals surface area contributed by atoms with Crippen molar-refractivity contribution >= 4 is 70.1 Å². The van der Waals surface area contributed by atoms with Gasteiger partial charge in [-0.05, 0) is 63.0 Å². The van der Waals surface area contributed by atoms with Crippen molar-refractivity contribution in [3.8, 4) is 0 Å². The van der Waals surface area contributed by atoms with Crippen LogP contribution in [0.15, 0.2) is 46.6 Å². The Morgan fingerprint density at radius 1 is 0.684 bits per heavy atom. The number of rotatable bonds is 22. The van der Waals surface area contributed by atoms with Crippen LogP contribution in [-0.2, 0) is 9.59 Å². The molecule has 57 heavy (non-hydrogen) atoms. The predicted molar refractivity (Wildman–Crippen MR) is 219 cm³/mol. The van der Waals surface area contributed by atoms with E-state index in [1.807, 2.05) is 0 Å². The monoisotopic (exact) mass is 798 g/mol. The van der Waals surface area contributed by atoms with Crippen LogP contribution in [-0.4, -0.2) is 92.2 Å². The lowest BCUT2D eigenvalue weighted by Gasteiger charge is -2.18. The van der Waals surface area contributed by atoms with Gasteiger partial charge < -0.3 is 71.1 Å². The number of aromatic nitrogens is 2. The van der Waals surface area contributed by atoms with Crippen molar-refractivity contribution in [3.05, 3.63) is 59.7 Å². The van der Waals surface area contributed by atoms with Gasteiger partial charge in [0.2, 0.25) is 5.91 Å². The molecule has 310 valence electrons. The van der Waals surface area contributed by atoms with Crippen LogP contribution in [0.4, 0.5) is 42.9 Å². The topological polar surface area (TPSA) is 347 Å². The highest BCUT2D eigenvalue weighted by Crippen LogP contribution is 2.34. The molecule has 0 bridgehead atoms. The van der Waals surface area contributed by atoms with Crippen molar-refractivity contribution < 1.29 is 28.0 Å². The molecule has 0 fully saturated rings. The number of amides is 3. The summed E-state index contributed by atoms with van der Waals surface area (Å²) >= 11 is 0. The molecule has 0 radical (unpaired) electrons. The molecule has 22 heteroatoms. The fourth-order valence-electron chi connectivity index (χ4n) is 4.81. The Kier molecular flexibility index (Phi) is 20.7. The minimum atomic E-state index is -0.843. The first kappa shape index (κ1) is 46.5. The number of hydrogen-bond donors (Lipinski definition) is 12. The molecule has 3 amide bonds. The summed E-state index contributed by atoms with van der Waals surface area (Å²) < 4.78 is 29.3. The summed E-state index contributed by atoms with van der Waals surface area (Å²) in [5, 5.41) is 16.7. The van der Waals surface area contributed by atoms with Gasteiger partial charge >= 0.3 is 0 Å². The smallest absolute Gasteiger partial charge is 0.274 e. The first-order valence-corrected chi connectivity index (χ1v) is 17.8. The quantitative estimate of drug-likeness (QED) is 0.0293. The van der Waals surface area contributed by atoms with Gasteiger partial charge in [0.1, 0.15) is 35.6 Å². The minimum absolute atomic E-state index is 0.0456. The van der Waals surface area contributed by atoms with Crippen molar-refractivity contribution in [3.63, 3.8) is 0 Å². The number of anilines is 6. The van der Waals surface area contributed by atoms with Crippen LogP contribution in [0, 0.1) is 11.6 Å². The Morgan fingerprint density at radius 3 is 1.60 bits per heavy atom. The summed E-state index contributed by atoms with van der Waals surface area (Å²) in [6, 6.07) is 5.53. The minimum Gasteiger partial charge on any atom is -0.386 e. The third-order valence-corrected chi connectivity index (χ3v) is 7.43. The Hall–Kier alpha value is -6.68. The molecule has 0 saturated heterocycles. The number of halogens is 2. The first-order chi connectivity index (χ1) is 27.3. The number of guanidine groups is 2. The van der Waals surface area contributed by atoms with E-state index in [2.05, 4.69) is 51.9 Å². The van der Waals surface area contributed by atoms with E-state index >= 15 is 0 Å². The summed E-state index contributed by atoms with van der Waals surface area (Å²) in [6.07, 6.45) is 5.76. The molecule has 1 heterocycles. The summed E-state index contributed by atoms with van der Waals surface area (Å²) in [5.74, 6) is -3.71. The highest BCUT2D eigenvalue weighted by molar-refractivity contribution is 6.10. The van der Waals surface area contributed by atoms with E-state index in [1.54, 1.807) is 7.05 Å². The zero-order chi connectivity index (χ0) is 42.2.